The van der Waals surface area contributed by atoms with Gasteiger partial charge in [0, 0.05) is 43.0 Å². The van der Waals surface area contributed by atoms with E-state index in [1.54, 1.807) is 25.1 Å². The van der Waals surface area contributed by atoms with Gasteiger partial charge >= 0.3 is 0 Å². The molecular formula is C19H20ClFN4O3. The molecule has 1 amide bonds. The molecule has 1 aliphatic heterocycles. The molecule has 0 aliphatic carbocycles. The monoisotopic (exact) mass is 406 g/mol. The molecule has 1 unspecified atom stereocenters. The lowest BCUT2D eigenvalue weighted by atomic mass is 10.1. The van der Waals surface area contributed by atoms with Gasteiger partial charge in [-0.05, 0) is 37.3 Å². The van der Waals surface area contributed by atoms with E-state index in [2.05, 4.69) is 5.32 Å². The van der Waals surface area contributed by atoms with Crippen LogP contribution in [-0.4, -0.2) is 48.0 Å². The quantitative estimate of drug-likeness (QED) is 0.607. The number of rotatable bonds is 5. The number of carbonyl (C=O) groups excluding carboxylic acids is 1. The molecule has 0 spiro atoms. The molecule has 0 bridgehead atoms. The van der Waals surface area contributed by atoms with Crippen molar-refractivity contribution in [3.8, 4) is 0 Å². The zero-order valence-corrected chi connectivity index (χ0v) is 16.0. The van der Waals surface area contributed by atoms with Crippen LogP contribution in [0.4, 0.5) is 21.5 Å². The van der Waals surface area contributed by atoms with Gasteiger partial charge in [0.25, 0.3) is 5.69 Å². The molecule has 2 aromatic rings. The van der Waals surface area contributed by atoms with Gasteiger partial charge in [-0.2, -0.15) is 0 Å². The second-order valence-electron chi connectivity index (χ2n) is 6.59. The minimum Gasteiger partial charge on any atom is -0.363 e. The summed E-state index contributed by atoms with van der Waals surface area (Å²) in [5.74, 6) is -0.639. The summed E-state index contributed by atoms with van der Waals surface area (Å²) in [7, 11) is 0. The highest BCUT2D eigenvalue weighted by atomic mass is 35.5. The van der Waals surface area contributed by atoms with Gasteiger partial charge < -0.3 is 10.2 Å². The Bertz CT molecular complexity index is 887. The summed E-state index contributed by atoms with van der Waals surface area (Å²) in [5.41, 5.74) is 0.899. The van der Waals surface area contributed by atoms with Crippen molar-refractivity contribution in [2.24, 2.45) is 0 Å². The Hall–Kier alpha value is -2.71. The number of carbonyl (C=O) groups is 1. The highest BCUT2D eigenvalue weighted by Crippen LogP contribution is 2.31. The molecule has 1 fully saturated rings. The van der Waals surface area contributed by atoms with Gasteiger partial charge in [0.05, 0.1) is 11.0 Å². The van der Waals surface area contributed by atoms with Crippen LogP contribution >= 0.6 is 11.6 Å². The van der Waals surface area contributed by atoms with E-state index in [0.717, 1.165) is 0 Å². The van der Waals surface area contributed by atoms with Gasteiger partial charge in [-0.25, -0.2) is 4.39 Å². The van der Waals surface area contributed by atoms with Crippen molar-refractivity contribution in [1.82, 2.24) is 4.90 Å². The van der Waals surface area contributed by atoms with Crippen LogP contribution in [-0.2, 0) is 4.79 Å². The molecule has 1 heterocycles. The number of nitro benzene ring substituents is 1. The van der Waals surface area contributed by atoms with Crippen molar-refractivity contribution in [1.29, 1.82) is 0 Å². The molecule has 1 atom stereocenters. The van der Waals surface area contributed by atoms with E-state index < -0.39 is 16.8 Å². The number of hydrogen-bond donors (Lipinski definition) is 1. The highest BCUT2D eigenvalue weighted by Gasteiger charge is 2.28. The van der Waals surface area contributed by atoms with Gasteiger partial charge in [-0.15, -0.1) is 0 Å². The molecule has 28 heavy (non-hydrogen) atoms. The number of benzene rings is 2. The predicted molar refractivity (Wildman–Crippen MR) is 106 cm³/mol. The van der Waals surface area contributed by atoms with E-state index in [1.165, 1.54) is 24.3 Å². The molecule has 9 heteroatoms. The summed E-state index contributed by atoms with van der Waals surface area (Å²) in [6.45, 7) is 4.00. The first-order chi connectivity index (χ1) is 13.3. The minimum atomic E-state index is -0.442. The van der Waals surface area contributed by atoms with Crippen molar-refractivity contribution in [2.45, 2.75) is 13.0 Å². The third-order valence-corrected chi connectivity index (χ3v) is 5.04. The maximum absolute atomic E-state index is 13.3. The third-order valence-electron chi connectivity index (χ3n) is 4.81. The number of nitro groups is 1. The molecule has 3 rings (SSSR count). The number of hydrogen-bond acceptors (Lipinski definition) is 5. The summed E-state index contributed by atoms with van der Waals surface area (Å²) >= 11 is 5.88. The summed E-state index contributed by atoms with van der Waals surface area (Å²) in [5, 5.41) is 14.3. The zero-order chi connectivity index (χ0) is 20.3. The van der Waals surface area contributed by atoms with Crippen LogP contribution in [0.2, 0.25) is 5.02 Å². The summed E-state index contributed by atoms with van der Waals surface area (Å²) in [4.78, 5) is 27.2. The molecule has 1 aliphatic rings. The van der Waals surface area contributed by atoms with Crippen LogP contribution in [0.5, 0.6) is 0 Å². The van der Waals surface area contributed by atoms with Gasteiger partial charge in [-0.1, -0.05) is 17.7 Å². The number of anilines is 2. The van der Waals surface area contributed by atoms with Crippen LogP contribution in [0.15, 0.2) is 42.5 Å². The average Bonchev–Trinajstić information content (AvgIpc) is 2.67. The Labute approximate surface area is 166 Å². The second kappa shape index (κ2) is 8.53. The normalized spacial score (nSPS) is 15.9. The first kappa shape index (κ1) is 20.0. The SMILES string of the molecule is CC(C(=O)Nc1cccc(F)c1)N1CCN(c2ccc(Cl)cc2[N+](=O)[O-])CC1. The van der Waals surface area contributed by atoms with Crippen LogP contribution in [0.25, 0.3) is 0 Å². The maximum Gasteiger partial charge on any atom is 0.294 e. The maximum atomic E-state index is 13.3. The van der Waals surface area contributed by atoms with Gasteiger partial charge in [0.2, 0.25) is 5.91 Å². The van der Waals surface area contributed by atoms with Crippen molar-refractivity contribution >= 4 is 34.6 Å². The van der Waals surface area contributed by atoms with Crippen LogP contribution in [0, 0.1) is 15.9 Å². The van der Waals surface area contributed by atoms with E-state index in [-0.39, 0.29) is 11.6 Å². The molecule has 0 radical (unpaired) electrons. The molecular weight excluding hydrogens is 387 g/mol. The van der Waals surface area contributed by atoms with E-state index in [4.69, 9.17) is 11.6 Å². The standard InChI is InChI=1S/C19H20ClFN4O3/c1-13(19(26)22-16-4-2-3-15(21)12-16)23-7-9-24(10-8-23)17-6-5-14(20)11-18(17)25(27)28/h2-6,11-13H,7-10H2,1H3,(H,22,26). The third kappa shape index (κ3) is 4.58. The first-order valence-corrected chi connectivity index (χ1v) is 9.22. The molecule has 148 valence electrons. The van der Waals surface area contributed by atoms with Crippen LogP contribution in [0.1, 0.15) is 6.92 Å². The molecule has 0 aromatic heterocycles. The van der Waals surface area contributed by atoms with Crippen molar-refractivity contribution in [3.05, 3.63) is 63.4 Å². The second-order valence-corrected chi connectivity index (χ2v) is 7.03. The smallest absolute Gasteiger partial charge is 0.294 e. The Morgan fingerprint density at radius 2 is 1.93 bits per heavy atom. The summed E-state index contributed by atoms with van der Waals surface area (Å²) in [6, 6.07) is 9.96. The Morgan fingerprint density at radius 3 is 2.57 bits per heavy atom. The largest absolute Gasteiger partial charge is 0.363 e. The van der Waals surface area contributed by atoms with Crippen molar-refractivity contribution in [3.63, 3.8) is 0 Å². The Kier molecular flexibility index (Phi) is 6.11. The van der Waals surface area contributed by atoms with E-state index in [0.29, 0.717) is 42.6 Å². The molecule has 1 N–H and O–H groups in total. The number of nitrogens with one attached hydrogen (secondary N) is 1. The summed E-state index contributed by atoms with van der Waals surface area (Å²) in [6.07, 6.45) is 0. The molecule has 7 nitrogen and oxygen atoms in total. The fourth-order valence-corrected chi connectivity index (χ4v) is 3.41. The molecule has 0 saturated carbocycles. The Balaban J connectivity index is 1.62. The van der Waals surface area contributed by atoms with E-state index in [1.807, 2.05) is 9.80 Å². The summed E-state index contributed by atoms with van der Waals surface area (Å²) < 4.78 is 13.3. The number of amides is 1. The van der Waals surface area contributed by atoms with Gasteiger partial charge in [-0.3, -0.25) is 19.8 Å². The number of piperazine rings is 1. The van der Waals surface area contributed by atoms with Crippen LogP contribution < -0.4 is 10.2 Å². The lowest BCUT2D eigenvalue weighted by molar-refractivity contribution is -0.384. The number of halogens is 2. The Morgan fingerprint density at radius 1 is 1.21 bits per heavy atom. The lowest BCUT2D eigenvalue weighted by Crippen LogP contribution is -2.53. The highest BCUT2D eigenvalue weighted by molar-refractivity contribution is 6.30. The fraction of sp³-hybridized carbons (Fsp3) is 0.316. The topological polar surface area (TPSA) is 78.7 Å². The van der Waals surface area contributed by atoms with Crippen LogP contribution in [0.3, 0.4) is 0 Å². The fourth-order valence-electron chi connectivity index (χ4n) is 3.24. The molecule has 2 aromatic carbocycles. The first-order valence-electron chi connectivity index (χ1n) is 8.84. The van der Waals surface area contributed by atoms with E-state index in [9.17, 15) is 19.3 Å². The molecule has 1 saturated heterocycles. The van der Waals surface area contributed by atoms with Crippen molar-refractivity contribution in [2.75, 3.05) is 36.4 Å². The van der Waals surface area contributed by atoms with Crippen molar-refractivity contribution < 1.29 is 14.1 Å². The zero-order valence-electron chi connectivity index (χ0n) is 15.3. The average molecular weight is 407 g/mol. The minimum absolute atomic E-state index is 0.0298. The lowest BCUT2D eigenvalue weighted by Gasteiger charge is -2.38. The predicted octanol–water partition coefficient (Wildman–Crippen LogP) is 3.54. The van der Waals surface area contributed by atoms with E-state index >= 15 is 0 Å². The number of nitrogens with zero attached hydrogens (tertiary/aromatic N) is 3. The van der Waals surface area contributed by atoms with Gasteiger partial charge in [0.15, 0.2) is 0 Å². The van der Waals surface area contributed by atoms with Gasteiger partial charge in [0.1, 0.15) is 11.5 Å².